The van der Waals surface area contributed by atoms with Gasteiger partial charge in [0.15, 0.2) is 5.82 Å². The quantitative estimate of drug-likeness (QED) is 0.324. The Labute approximate surface area is 260 Å². The van der Waals surface area contributed by atoms with Crippen molar-refractivity contribution in [1.82, 2.24) is 19.8 Å². The second kappa shape index (κ2) is 12.5. The van der Waals surface area contributed by atoms with E-state index in [0.717, 1.165) is 56.9 Å². The molecule has 0 saturated carbocycles. The highest BCUT2D eigenvalue weighted by Gasteiger charge is 2.28. The third kappa shape index (κ3) is 6.93. The smallest absolute Gasteiger partial charge is 0.229 e. The lowest BCUT2D eigenvalue weighted by Crippen LogP contribution is -2.52. The van der Waals surface area contributed by atoms with Crippen LogP contribution in [0.15, 0.2) is 30.5 Å². The minimum Gasteiger partial charge on any atom is -0.493 e. The van der Waals surface area contributed by atoms with Crippen molar-refractivity contribution in [2.75, 3.05) is 79.4 Å². The number of rotatable bonds is 8. The fraction of sp³-hybridized carbons (Fsp3) is 0.448. The predicted molar refractivity (Wildman–Crippen MR) is 168 cm³/mol. The Hall–Kier alpha value is -3.46. The Morgan fingerprint density at radius 3 is 2.43 bits per heavy atom. The van der Waals surface area contributed by atoms with E-state index in [9.17, 15) is 8.42 Å². The van der Waals surface area contributed by atoms with Gasteiger partial charge < -0.3 is 25.2 Å². The van der Waals surface area contributed by atoms with Gasteiger partial charge in [0, 0.05) is 69.9 Å². The summed E-state index contributed by atoms with van der Waals surface area (Å²) in [6.45, 7) is 5.96. The number of piperazine rings is 1. The molecule has 1 aromatic heterocycles. The minimum atomic E-state index is -3.59. The molecule has 2 saturated heterocycles. The van der Waals surface area contributed by atoms with E-state index in [1.807, 2.05) is 4.90 Å². The standard InChI is InChI=1S/C29H35ClF2N8O3S/c1-38-8-10-39(11-9-38)19-3-6-40(7-4-19)26-15-21(31)23(14-22(26)32)35-29-33-17-20(30)28(36-29)34-24-16-27-18(5-12-43-27)13-25(24)37-44(2,41)42/h13-17,19,37H,3-12H2,1-2H3,(H2,33,34,35,36). The molecule has 3 N–H and O–H groups in total. The summed E-state index contributed by atoms with van der Waals surface area (Å²) < 4.78 is 62.7. The number of likely N-dealkylation sites (N-methyl/N-ethyl adjacent to an activating group) is 1. The number of anilines is 6. The van der Waals surface area contributed by atoms with Crippen molar-refractivity contribution in [3.05, 3.63) is 52.7 Å². The summed E-state index contributed by atoms with van der Waals surface area (Å²) in [6.07, 6.45) is 4.80. The first-order chi connectivity index (χ1) is 21.0. The van der Waals surface area contributed by atoms with E-state index in [4.69, 9.17) is 16.3 Å². The molecule has 2 aromatic carbocycles. The molecule has 3 aromatic rings. The molecule has 15 heteroatoms. The van der Waals surface area contributed by atoms with Crippen molar-refractivity contribution in [3.63, 3.8) is 0 Å². The predicted octanol–water partition coefficient (Wildman–Crippen LogP) is 4.42. The van der Waals surface area contributed by atoms with E-state index in [-0.39, 0.29) is 33.9 Å². The second-order valence-corrected chi connectivity index (χ2v) is 13.6. The lowest BCUT2D eigenvalue weighted by Gasteiger charge is -2.42. The third-order valence-corrected chi connectivity index (χ3v) is 9.13. The zero-order valence-electron chi connectivity index (χ0n) is 24.5. The Balaban J connectivity index is 1.16. The maximum Gasteiger partial charge on any atom is 0.229 e. The number of piperidine rings is 1. The average Bonchev–Trinajstić information content (AvgIpc) is 3.43. The van der Waals surface area contributed by atoms with Crippen LogP contribution in [-0.4, -0.2) is 93.4 Å². The van der Waals surface area contributed by atoms with Crippen LogP contribution in [0.2, 0.25) is 5.02 Å². The van der Waals surface area contributed by atoms with Crippen molar-refractivity contribution >= 4 is 56.1 Å². The lowest BCUT2D eigenvalue weighted by atomic mass is 10.0. The van der Waals surface area contributed by atoms with Crippen LogP contribution < -0.4 is 25.0 Å². The highest BCUT2D eigenvalue weighted by atomic mass is 35.5. The Bertz CT molecular complexity index is 1650. The fourth-order valence-electron chi connectivity index (χ4n) is 5.91. The van der Waals surface area contributed by atoms with E-state index in [1.165, 1.54) is 12.3 Å². The van der Waals surface area contributed by atoms with Gasteiger partial charge in [0.1, 0.15) is 22.4 Å². The number of sulfonamides is 1. The molecule has 4 heterocycles. The summed E-state index contributed by atoms with van der Waals surface area (Å²) in [5.41, 5.74) is 1.60. The van der Waals surface area contributed by atoms with Crippen molar-refractivity contribution in [3.8, 4) is 5.75 Å². The van der Waals surface area contributed by atoms with Crippen LogP contribution in [0.25, 0.3) is 0 Å². The summed E-state index contributed by atoms with van der Waals surface area (Å²) >= 11 is 6.35. The van der Waals surface area contributed by atoms with E-state index < -0.39 is 21.7 Å². The highest BCUT2D eigenvalue weighted by molar-refractivity contribution is 7.92. The fourth-order valence-corrected chi connectivity index (χ4v) is 6.62. The summed E-state index contributed by atoms with van der Waals surface area (Å²) in [7, 11) is -1.46. The van der Waals surface area contributed by atoms with Gasteiger partial charge in [-0.3, -0.25) is 9.62 Å². The molecule has 44 heavy (non-hydrogen) atoms. The van der Waals surface area contributed by atoms with E-state index >= 15 is 8.78 Å². The molecular formula is C29H35ClF2N8O3S. The number of hydrogen-bond donors (Lipinski definition) is 3. The van der Waals surface area contributed by atoms with Gasteiger partial charge in [0.25, 0.3) is 0 Å². The molecule has 0 unspecified atom stereocenters. The van der Waals surface area contributed by atoms with Crippen LogP contribution in [0.4, 0.5) is 43.3 Å². The molecule has 0 amide bonds. The topological polar surface area (TPSA) is 115 Å². The van der Waals surface area contributed by atoms with Crippen LogP contribution in [0.3, 0.4) is 0 Å². The number of nitrogens with one attached hydrogen (secondary N) is 3. The molecule has 0 atom stereocenters. The van der Waals surface area contributed by atoms with Gasteiger partial charge in [-0.1, -0.05) is 11.6 Å². The largest absolute Gasteiger partial charge is 0.493 e. The molecule has 11 nitrogen and oxygen atoms in total. The number of hydrogen-bond acceptors (Lipinski definition) is 10. The number of benzene rings is 2. The SMILES string of the molecule is CN1CCN(C2CCN(c3cc(F)c(Nc4ncc(Cl)c(Nc5cc6c(cc5NS(C)(=O)=O)CCO6)n4)cc3F)CC2)CC1. The van der Waals surface area contributed by atoms with Crippen molar-refractivity contribution < 1.29 is 21.9 Å². The molecule has 6 rings (SSSR count). The van der Waals surface area contributed by atoms with Gasteiger partial charge in [0.05, 0.1) is 41.8 Å². The summed E-state index contributed by atoms with van der Waals surface area (Å²) in [5.74, 6) is -0.499. The van der Waals surface area contributed by atoms with Crippen LogP contribution in [0.5, 0.6) is 5.75 Å². The van der Waals surface area contributed by atoms with Crippen LogP contribution >= 0.6 is 11.6 Å². The van der Waals surface area contributed by atoms with Gasteiger partial charge in [-0.25, -0.2) is 22.2 Å². The maximum absolute atomic E-state index is 15.3. The molecule has 3 aliphatic rings. The summed E-state index contributed by atoms with van der Waals surface area (Å²) in [5, 5.41) is 5.89. The van der Waals surface area contributed by atoms with Gasteiger partial charge in [-0.2, -0.15) is 4.98 Å². The third-order valence-electron chi connectivity index (χ3n) is 8.26. The molecule has 0 spiro atoms. The van der Waals surface area contributed by atoms with E-state index in [2.05, 4.69) is 42.2 Å². The van der Waals surface area contributed by atoms with Crippen molar-refractivity contribution in [2.45, 2.75) is 25.3 Å². The molecular weight excluding hydrogens is 614 g/mol. The minimum absolute atomic E-state index is 0.0361. The molecule has 0 aliphatic carbocycles. The Morgan fingerprint density at radius 2 is 1.70 bits per heavy atom. The molecule has 0 bridgehead atoms. The normalized spacial score (nSPS) is 18.2. The van der Waals surface area contributed by atoms with Crippen LogP contribution in [0.1, 0.15) is 18.4 Å². The Morgan fingerprint density at radius 1 is 0.955 bits per heavy atom. The highest BCUT2D eigenvalue weighted by Crippen LogP contribution is 2.38. The number of nitrogens with zero attached hydrogens (tertiary/aromatic N) is 5. The van der Waals surface area contributed by atoms with Crippen molar-refractivity contribution in [2.24, 2.45) is 0 Å². The second-order valence-electron chi connectivity index (χ2n) is 11.5. The number of halogens is 3. The van der Waals surface area contributed by atoms with Crippen molar-refractivity contribution in [1.29, 1.82) is 0 Å². The Kier molecular flexibility index (Phi) is 8.68. The first-order valence-corrected chi connectivity index (χ1v) is 16.8. The zero-order valence-corrected chi connectivity index (χ0v) is 26.1. The molecule has 3 aliphatic heterocycles. The summed E-state index contributed by atoms with van der Waals surface area (Å²) in [4.78, 5) is 15.2. The van der Waals surface area contributed by atoms with Gasteiger partial charge in [0.2, 0.25) is 16.0 Å². The maximum atomic E-state index is 15.3. The van der Waals surface area contributed by atoms with Gasteiger partial charge in [-0.05, 0) is 31.5 Å². The van der Waals surface area contributed by atoms with Crippen LogP contribution in [-0.2, 0) is 16.4 Å². The van der Waals surface area contributed by atoms with E-state index in [1.54, 1.807) is 12.1 Å². The molecule has 236 valence electrons. The zero-order chi connectivity index (χ0) is 31.0. The molecule has 0 radical (unpaired) electrons. The average molecular weight is 649 g/mol. The number of fused-ring (bicyclic) bond motifs is 1. The molecule has 2 fully saturated rings. The first-order valence-electron chi connectivity index (χ1n) is 14.5. The van der Waals surface area contributed by atoms with Gasteiger partial charge in [-0.15, -0.1) is 0 Å². The van der Waals surface area contributed by atoms with Crippen LogP contribution in [0, 0.1) is 11.6 Å². The number of aromatic nitrogens is 2. The monoisotopic (exact) mass is 648 g/mol. The van der Waals surface area contributed by atoms with Gasteiger partial charge >= 0.3 is 0 Å². The first kappa shape index (κ1) is 30.6. The summed E-state index contributed by atoms with van der Waals surface area (Å²) in [6, 6.07) is 6.11. The number of ether oxygens (including phenoxy) is 1. The lowest BCUT2D eigenvalue weighted by molar-refractivity contribution is 0.0981. The van der Waals surface area contributed by atoms with E-state index in [0.29, 0.717) is 43.6 Å².